The molecular formula is C81H146N4O24. The fourth-order valence-corrected chi connectivity index (χ4v) is 18.2. The van der Waals surface area contributed by atoms with Gasteiger partial charge in [0.15, 0.2) is 25.2 Å². The zero-order chi connectivity index (χ0) is 82.3. The van der Waals surface area contributed by atoms with Crippen LogP contribution in [0.5, 0.6) is 0 Å². The second-order valence-electron chi connectivity index (χ2n) is 35.1. The monoisotopic (exact) mass is 1560 g/mol. The number of hydrogen-bond acceptors (Lipinski definition) is 28. The number of rotatable bonds is 16. The van der Waals surface area contributed by atoms with Gasteiger partial charge in [0.1, 0.15) is 60.0 Å². The predicted molar refractivity (Wildman–Crippen MR) is 408 cm³/mol. The first-order valence-electron chi connectivity index (χ1n) is 40.1. The molecule has 1 aromatic carbocycles. The Morgan fingerprint density at radius 2 is 0.908 bits per heavy atom. The quantitative estimate of drug-likeness (QED) is 0.0967. The summed E-state index contributed by atoms with van der Waals surface area (Å²) in [7, 11) is 10.4. The maximum atomic E-state index is 14.3. The molecule has 0 aliphatic carbocycles. The van der Waals surface area contributed by atoms with Gasteiger partial charge >= 0.3 is 11.9 Å². The minimum absolute atomic E-state index is 0.124. The lowest BCUT2D eigenvalue weighted by molar-refractivity contribution is -0.318. The number of ether oxygens (including phenoxy) is 12. The molecular weight excluding hydrogens is 1410 g/mol. The minimum Gasteiger partial charge on any atom is -0.459 e. The van der Waals surface area contributed by atoms with Gasteiger partial charge < -0.3 is 123 Å². The lowest BCUT2D eigenvalue weighted by atomic mass is 9.77. The summed E-state index contributed by atoms with van der Waals surface area (Å²) in [5, 5.41) is 120. The Morgan fingerprint density at radius 3 is 1.28 bits per heavy atom. The average Bonchev–Trinajstić information content (AvgIpc) is 1.73. The van der Waals surface area contributed by atoms with Gasteiger partial charge in [-0.3, -0.25) is 14.5 Å². The van der Waals surface area contributed by atoms with Gasteiger partial charge in [0, 0.05) is 82.7 Å². The number of cyclic esters (lactones) is 2. The Hall–Kier alpha value is -2.80. The van der Waals surface area contributed by atoms with Crippen LogP contribution in [0.2, 0.25) is 0 Å². The first-order valence-corrected chi connectivity index (χ1v) is 40.1. The zero-order valence-corrected chi connectivity index (χ0v) is 70.5. The van der Waals surface area contributed by atoms with Crippen molar-refractivity contribution in [2.45, 2.75) is 377 Å². The fourth-order valence-electron chi connectivity index (χ4n) is 18.2. The Kier molecular flexibility index (Phi) is 34.4. The molecule has 28 heteroatoms. The first kappa shape index (κ1) is 95.0. The van der Waals surface area contributed by atoms with Crippen LogP contribution < -0.4 is 5.32 Å². The topological polar surface area (TPSA) is 369 Å². The van der Waals surface area contributed by atoms with Crippen LogP contribution >= 0.6 is 0 Å². The maximum absolute atomic E-state index is 14.3. The van der Waals surface area contributed by atoms with Crippen molar-refractivity contribution in [2.24, 2.45) is 35.5 Å². The van der Waals surface area contributed by atoms with Crippen LogP contribution in [0.4, 0.5) is 0 Å². The van der Waals surface area contributed by atoms with E-state index in [-0.39, 0.29) is 74.7 Å². The number of esters is 2. The van der Waals surface area contributed by atoms with Crippen LogP contribution in [0.3, 0.4) is 0 Å². The average molecular weight is 1560 g/mol. The maximum Gasteiger partial charge on any atom is 0.311 e. The van der Waals surface area contributed by atoms with Gasteiger partial charge in [0.2, 0.25) is 0 Å². The molecule has 36 atom stereocenters. The molecule has 0 saturated carbocycles. The Bertz CT molecular complexity index is 2930. The molecule has 6 aliphatic rings. The van der Waals surface area contributed by atoms with Crippen molar-refractivity contribution in [3.05, 3.63) is 35.9 Å². The fraction of sp³-hybridized carbons (Fsp3) is 0.901. The molecule has 634 valence electrons. The molecule has 0 unspecified atom stereocenters. The lowest BCUT2D eigenvalue weighted by Gasteiger charge is -2.49. The van der Waals surface area contributed by atoms with E-state index >= 15 is 0 Å². The number of aliphatic hydroxyl groups is 10. The zero-order valence-electron chi connectivity index (χ0n) is 70.5. The molecule has 7 rings (SSSR count). The van der Waals surface area contributed by atoms with Crippen molar-refractivity contribution in [3.63, 3.8) is 0 Å². The van der Waals surface area contributed by atoms with E-state index in [9.17, 15) is 60.7 Å². The highest BCUT2D eigenvalue weighted by Gasteiger charge is 2.56. The first-order chi connectivity index (χ1) is 50.5. The second-order valence-corrected chi connectivity index (χ2v) is 35.1. The molecule has 11 N–H and O–H groups in total. The van der Waals surface area contributed by atoms with Crippen LogP contribution in [0, 0.1) is 35.5 Å². The summed E-state index contributed by atoms with van der Waals surface area (Å²) in [6, 6.07) is 8.26. The van der Waals surface area contributed by atoms with Crippen molar-refractivity contribution >= 4 is 11.9 Å². The third kappa shape index (κ3) is 22.9. The smallest absolute Gasteiger partial charge is 0.311 e. The van der Waals surface area contributed by atoms with Gasteiger partial charge in [-0.2, -0.15) is 0 Å². The summed E-state index contributed by atoms with van der Waals surface area (Å²) in [4.78, 5) is 34.4. The summed E-state index contributed by atoms with van der Waals surface area (Å²) >= 11 is 0. The van der Waals surface area contributed by atoms with Gasteiger partial charge in [-0.15, -0.1) is 0 Å². The molecule has 6 aliphatic heterocycles. The van der Waals surface area contributed by atoms with E-state index in [0.29, 0.717) is 32.5 Å². The summed E-state index contributed by atoms with van der Waals surface area (Å²) < 4.78 is 75.4. The molecule has 1 aromatic rings. The van der Waals surface area contributed by atoms with Gasteiger partial charge in [0.25, 0.3) is 0 Å². The van der Waals surface area contributed by atoms with E-state index in [2.05, 4.69) is 10.2 Å². The number of methoxy groups -OCH3 is 2. The summed E-state index contributed by atoms with van der Waals surface area (Å²) in [5.41, 5.74) is -7.71. The molecule has 0 aromatic heterocycles. The van der Waals surface area contributed by atoms with Crippen LogP contribution in [0.15, 0.2) is 30.3 Å². The normalized spacial score (nSPS) is 47.8. The minimum atomic E-state index is -1.81. The van der Waals surface area contributed by atoms with Gasteiger partial charge in [-0.25, -0.2) is 0 Å². The summed E-state index contributed by atoms with van der Waals surface area (Å²) in [6.45, 7) is 36.7. The van der Waals surface area contributed by atoms with Gasteiger partial charge in [0.05, 0.1) is 83.1 Å². The van der Waals surface area contributed by atoms with E-state index in [1.54, 1.807) is 90.1 Å². The molecule has 0 radical (unpaired) electrons. The van der Waals surface area contributed by atoms with Crippen molar-refractivity contribution in [1.29, 1.82) is 0 Å². The SMILES string of the molecule is CC[C@H]1OC(=O)[C@H](C)[C@@H](O[C@H]2C[C@@](C)(OC)[C@@H](O)[C@H](C)O2)[C@H](C)[C@@H](O[C@@H]2O[C@H](C)C[C@H](N(C)Cc3ccccc3)[C@H]2O)[C@](C)(O)C[C@@H](C)CN(C)[C@H](C)[C@@H](O)[C@]1(C)O.CC[C@H]1OC(=O)[C@H](C)[C@@H](O[C@H]2C[C@@](C)(OC)[C@@H](O)[C@H](C)O2)[C@H](C)[C@@H](O[C@@H]2O[C@H](C)C[C@H](NC)[C@H]2O)[C@](C)(O)C[C@@H](C)CN(C)[C@H](C)[C@@H](O)[C@]1(C)O. The van der Waals surface area contributed by atoms with Crippen molar-refractivity contribution < 1.29 is 117 Å². The number of carbonyl (C=O) groups excluding carboxylic acids is 2. The van der Waals surface area contributed by atoms with E-state index in [0.717, 1.165) is 5.56 Å². The highest BCUT2D eigenvalue weighted by molar-refractivity contribution is 5.73. The predicted octanol–water partition coefficient (Wildman–Crippen LogP) is 5.03. The molecule has 0 spiro atoms. The molecule has 109 heavy (non-hydrogen) atoms. The van der Waals surface area contributed by atoms with Gasteiger partial charge in [-0.1, -0.05) is 71.9 Å². The summed E-state index contributed by atoms with van der Waals surface area (Å²) in [5.74, 6) is -5.24. The highest BCUT2D eigenvalue weighted by Crippen LogP contribution is 2.44. The third-order valence-corrected chi connectivity index (χ3v) is 25.3. The number of nitrogens with one attached hydrogen (secondary N) is 1. The summed E-state index contributed by atoms with van der Waals surface area (Å²) in [6.07, 6.45) is -16.7. The van der Waals surface area contributed by atoms with Crippen LogP contribution in [0.25, 0.3) is 0 Å². The standard InChI is InChI=1S/C44H76N2O12.C37H70N2O12/c1-14-33-44(10,52)37(48)29(6)45(11)23-25(2)21-42(8,51)39(58-41-35(47)32(20-26(3)54-41)46(12)24-31-18-16-15-17-19-31)27(4)36(28(5)40(50)56-33)57-34-22-43(9,53-13)38(49)30(7)55-34;1-14-26-37(10,45)30(41)23(6)39(12)18-19(2)16-35(8,44)32(51-34-28(40)25(38-11)15-20(3)47-34)21(4)29(22(5)33(43)49-26)50-27-17-36(9,46-13)31(42)24(7)48-27/h15-19,25-30,32-39,41,47-49,51-52H,14,20-24H2,1-13H3;19-32,34,38,40-42,44-45H,14-18H2,1-13H3/t25-,26-,27+,28-,29-,30+,32+,33-,34+,35-,36+,37-,38+,39-,41+,42-,43-,44-;19-,20-,21+,22-,23-,24+,25+,26-,27+,28-,29+,30-,31+,32-,34+,35-,36-,37-/m11/s1. The number of likely N-dealkylation sites (N-methyl/N-ethyl adjacent to an activating group) is 4. The second kappa shape index (κ2) is 39.4. The number of benzene rings is 1. The van der Waals surface area contributed by atoms with Crippen LogP contribution in [-0.2, 0) is 73.0 Å². The Balaban J connectivity index is 0.000000344. The molecule has 6 fully saturated rings. The van der Waals surface area contributed by atoms with Crippen LogP contribution in [-0.4, -0.2) is 314 Å². The van der Waals surface area contributed by atoms with E-state index in [1.165, 1.54) is 28.1 Å². The highest BCUT2D eigenvalue weighted by atomic mass is 16.7. The number of nitrogens with zero attached hydrogens (tertiary/aromatic N) is 3. The molecule has 6 saturated heterocycles. The molecule has 28 nitrogen and oxygen atoms in total. The van der Waals surface area contributed by atoms with Crippen molar-refractivity contribution in [1.82, 2.24) is 20.0 Å². The Morgan fingerprint density at radius 1 is 0.532 bits per heavy atom. The van der Waals surface area contributed by atoms with E-state index in [1.807, 2.05) is 103 Å². The molecule has 6 heterocycles. The van der Waals surface area contributed by atoms with Gasteiger partial charge in [-0.05, 0) is 181 Å². The Labute approximate surface area is 650 Å². The lowest BCUT2D eigenvalue weighted by Crippen LogP contribution is -2.60. The number of hydrogen-bond donors (Lipinski definition) is 11. The van der Waals surface area contributed by atoms with E-state index < -0.39 is 192 Å². The third-order valence-electron chi connectivity index (χ3n) is 25.3. The number of carbonyl (C=O) groups is 2. The van der Waals surface area contributed by atoms with Crippen molar-refractivity contribution in [2.75, 3.05) is 55.5 Å². The molecule has 0 bridgehead atoms. The van der Waals surface area contributed by atoms with E-state index in [4.69, 9.17) is 56.8 Å². The van der Waals surface area contributed by atoms with Crippen LogP contribution in [0.1, 0.15) is 195 Å². The molecule has 0 amide bonds. The van der Waals surface area contributed by atoms with Crippen molar-refractivity contribution in [3.8, 4) is 0 Å². The number of aliphatic hydroxyl groups excluding tert-OH is 6. The largest absolute Gasteiger partial charge is 0.459 e.